The van der Waals surface area contributed by atoms with Crippen LogP contribution in [0.15, 0.2) is 18.2 Å². The molecule has 0 saturated heterocycles. The smallest absolute Gasteiger partial charge is 0.169 e. The van der Waals surface area contributed by atoms with Gasteiger partial charge in [0.2, 0.25) is 0 Å². The SMILES string of the molecule is CN(C)c1cc(Nc2cc(C3CC3)[nH]n2)nc(C2=CCC(S(=O)O)S2)n1. The van der Waals surface area contributed by atoms with E-state index in [2.05, 4.69) is 25.5 Å². The Balaban J connectivity index is 1.59. The van der Waals surface area contributed by atoms with E-state index in [9.17, 15) is 8.76 Å². The first-order chi connectivity index (χ1) is 12.5. The van der Waals surface area contributed by atoms with Crippen LogP contribution in [-0.4, -0.2) is 47.6 Å². The minimum atomic E-state index is -1.87. The first-order valence-electron chi connectivity index (χ1n) is 8.35. The molecule has 2 aliphatic rings. The van der Waals surface area contributed by atoms with Crippen LogP contribution < -0.4 is 10.2 Å². The Morgan fingerprint density at radius 3 is 2.77 bits per heavy atom. The standard InChI is InChI=1S/C16H20N6O2S2/c1-22(2)14-8-12(17-13-7-10(20-21-13)9-3-4-9)18-16(19-14)11-5-6-15(25-11)26(23)24/h5,7-9,15H,3-4,6H2,1-2H3,(H,23,24)(H2,17,18,19,20,21). The van der Waals surface area contributed by atoms with Crippen molar-refractivity contribution in [3.8, 4) is 0 Å². The normalized spacial score (nSPS) is 20.7. The van der Waals surface area contributed by atoms with Crippen LogP contribution in [0.3, 0.4) is 0 Å². The molecule has 2 unspecified atom stereocenters. The molecule has 26 heavy (non-hydrogen) atoms. The highest BCUT2D eigenvalue weighted by Crippen LogP contribution is 2.41. The van der Waals surface area contributed by atoms with Crippen LogP contribution in [0.25, 0.3) is 4.91 Å². The van der Waals surface area contributed by atoms with E-state index in [1.165, 1.54) is 24.6 Å². The third kappa shape index (κ3) is 3.76. The predicted molar refractivity (Wildman–Crippen MR) is 105 cm³/mol. The lowest BCUT2D eigenvalue weighted by Crippen LogP contribution is -2.13. The summed E-state index contributed by atoms with van der Waals surface area (Å²) in [4.78, 5) is 11.9. The number of H-pyrrole nitrogens is 1. The molecule has 0 bridgehead atoms. The fourth-order valence-electron chi connectivity index (χ4n) is 2.68. The van der Waals surface area contributed by atoms with Crippen molar-refractivity contribution in [1.29, 1.82) is 0 Å². The van der Waals surface area contributed by atoms with Gasteiger partial charge in [0.05, 0.1) is 0 Å². The van der Waals surface area contributed by atoms with Gasteiger partial charge in [0.25, 0.3) is 0 Å². The van der Waals surface area contributed by atoms with Crippen LogP contribution in [0.5, 0.6) is 0 Å². The number of hydrogen-bond donors (Lipinski definition) is 3. The average molecular weight is 393 g/mol. The van der Waals surface area contributed by atoms with Crippen LogP contribution >= 0.6 is 11.8 Å². The largest absolute Gasteiger partial charge is 0.363 e. The topological polar surface area (TPSA) is 107 Å². The fourth-order valence-corrected chi connectivity index (χ4v) is 4.45. The number of allylic oxidation sites excluding steroid dienone is 1. The lowest BCUT2D eigenvalue weighted by atomic mass is 10.3. The number of nitrogens with one attached hydrogen (secondary N) is 2. The molecule has 0 amide bonds. The zero-order valence-corrected chi connectivity index (χ0v) is 16.1. The molecule has 1 fully saturated rings. The first kappa shape index (κ1) is 17.5. The molecule has 3 heterocycles. The van der Waals surface area contributed by atoms with Gasteiger partial charge in [0, 0.05) is 42.7 Å². The number of aromatic amines is 1. The fraction of sp³-hybridized carbons (Fsp3) is 0.438. The Hall–Kier alpha value is -1.91. The summed E-state index contributed by atoms with van der Waals surface area (Å²) in [5.74, 6) is 3.28. The maximum absolute atomic E-state index is 11.3. The highest BCUT2D eigenvalue weighted by atomic mass is 32.2. The zero-order valence-electron chi connectivity index (χ0n) is 14.5. The van der Waals surface area contributed by atoms with Gasteiger partial charge in [-0.2, -0.15) is 5.10 Å². The molecule has 10 heteroatoms. The number of anilines is 3. The molecule has 1 aliphatic heterocycles. The Morgan fingerprint density at radius 2 is 2.12 bits per heavy atom. The molecule has 0 spiro atoms. The maximum Gasteiger partial charge on any atom is 0.169 e. The number of hydrogen-bond acceptors (Lipinski definition) is 7. The summed E-state index contributed by atoms with van der Waals surface area (Å²) in [7, 11) is 3.83. The van der Waals surface area contributed by atoms with Gasteiger partial charge < -0.3 is 14.8 Å². The third-order valence-electron chi connectivity index (χ3n) is 4.24. The molecule has 0 aromatic carbocycles. The summed E-state index contributed by atoms with van der Waals surface area (Å²) in [6.07, 6.45) is 4.87. The van der Waals surface area contributed by atoms with Crippen molar-refractivity contribution in [2.45, 2.75) is 29.8 Å². The quantitative estimate of drug-likeness (QED) is 0.644. The highest BCUT2D eigenvalue weighted by molar-refractivity contribution is 8.16. The number of nitrogens with zero attached hydrogens (tertiary/aromatic N) is 4. The Labute approximate surface area is 158 Å². The van der Waals surface area contributed by atoms with E-state index in [-0.39, 0.29) is 4.58 Å². The van der Waals surface area contributed by atoms with Crippen LogP contribution in [0.4, 0.5) is 17.5 Å². The van der Waals surface area contributed by atoms with Crippen LogP contribution in [-0.2, 0) is 11.1 Å². The second-order valence-electron chi connectivity index (χ2n) is 6.56. The van der Waals surface area contributed by atoms with Crippen molar-refractivity contribution in [2.75, 3.05) is 24.3 Å². The van der Waals surface area contributed by atoms with Crippen LogP contribution in [0.1, 0.15) is 36.7 Å². The molecular weight excluding hydrogens is 372 g/mol. The van der Waals surface area contributed by atoms with Crippen LogP contribution in [0.2, 0.25) is 0 Å². The van der Waals surface area contributed by atoms with E-state index >= 15 is 0 Å². The van der Waals surface area contributed by atoms with Crippen molar-refractivity contribution < 1.29 is 8.76 Å². The van der Waals surface area contributed by atoms with Crippen molar-refractivity contribution >= 4 is 45.2 Å². The minimum Gasteiger partial charge on any atom is -0.363 e. The van der Waals surface area contributed by atoms with Gasteiger partial charge in [-0.3, -0.25) is 5.10 Å². The van der Waals surface area contributed by atoms with E-state index in [1.807, 2.05) is 37.2 Å². The highest BCUT2D eigenvalue weighted by Gasteiger charge is 2.27. The Morgan fingerprint density at radius 1 is 1.31 bits per heavy atom. The summed E-state index contributed by atoms with van der Waals surface area (Å²) < 4.78 is 20.3. The van der Waals surface area contributed by atoms with Crippen molar-refractivity contribution in [3.63, 3.8) is 0 Å². The molecule has 8 nitrogen and oxygen atoms in total. The lowest BCUT2D eigenvalue weighted by Gasteiger charge is -2.15. The van der Waals surface area contributed by atoms with E-state index in [4.69, 9.17) is 0 Å². The summed E-state index contributed by atoms with van der Waals surface area (Å²) in [6.45, 7) is 0. The monoisotopic (exact) mass is 392 g/mol. The van der Waals surface area contributed by atoms with Crippen molar-refractivity contribution in [1.82, 2.24) is 20.2 Å². The van der Waals surface area contributed by atoms with Crippen molar-refractivity contribution in [3.05, 3.63) is 29.7 Å². The minimum absolute atomic E-state index is 0.361. The molecule has 2 atom stereocenters. The molecule has 0 radical (unpaired) electrons. The molecule has 138 valence electrons. The summed E-state index contributed by atoms with van der Waals surface area (Å²) >= 11 is -0.526. The van der Waals surface area contributed by atoms with Gasteiger partial charge in [0.1, 0.15) is 16.2 Å². The summed E-state index contributed by atoms with van der Waals surface area (Å²) in [5, 5.41) is 10.6. The van der Waals surface area contributed by atoms with Gasteiger partial charge in [-0.25, -0.2) is 14.2 Å². The molecule has 4 rings (SSSR count). The van der Waals surface area contributed by atoms with Gasteiger partial charge >= 0.3 is 0 Å². The maximum atomic E-state index is 11.3. The first-order valence-corrected chi connectivity index (χ1v) is 10.4. The molecular formula is C16H20N6O2S2. The van der Waals surface area contributed by atoms with Crippen molar-refractivity contribution in [2.24, 2.45) is 0 Å². The third-order valence-corrected chi connectivity index (χ3v) is 6.72. The number of rotatable bonds is 6. The Kier molecular flexibility index (Phi) is 4.72. The Bertz CT molecular complexity index is 877. The molecule has 1 saturated carbocycles. The summed E-state index contributed by atoms with van der Waals surface area (Å²) in [5.41, 5.74) is 1.15. The lowest BCUT2D eigenvalue weighted by molar-refractivity contribution is 0.561. The molecule has 1 aliphatic carbocycles. The molecule has 3 N–H and O–H groups in total. The molecule has 2 aromatic rings. The average Bonchev–Trinajstić information content (AvgIpc) is 3.15. The van der Waals surface area contributed by atoms with E-state index in [0.717, 1.165) is 22.2 Å². The number of thioether (sulfide) groups is 1. The summed E-state index contributed by atoms with van der Waals surface area (Å²) in [6, 6.07) is 3.88. The second-order valence-corrected chi connectivity index (χ2v) is 9.23. The number of aromatic nitrogens is 4. The zero-order chi connectivity index (χ0) is 18.3. The van der Waals surface area contributed by atoms with Gasteiger partial charge in [-0.05, 0) is 19.3 Å². The van der Waals surface area contributed by atoms with Gasteiger partial charge in [0.15, 0.2) is 22.7 Å². The second kappa shape index (κ2) is 7.01. The van der Waals surface area contributed by atoms with Crippen LogP contribution in [0, 0.1) is 0 Å². The predicted octanol–water partition coefficient (Wildman–Crippen LogP) is 2.91. The van der Waals surface area contributed by atoms with E-state index in [1.54, 1.807) is 0 Å². The van der Waals surface area contributed by atoms with Gasteiger partial charge in [-0.1, -0.05) is 6.08 Å². The molecule has 2 aromatic heterocycles. The van der Waals surface area contributed by atoms with E-state index in [0.29, 0.717) is 24.0 Å². The van der Waals surface area contributed by atoms with Gasteiger partial charge in [-0.15, -0.1) is 11.8 Å². The van der Waals surface area contributed by atoms with E-state index < -0.39 is 11.1 Å².